The van der Waals surface area contributed by atoms with Crippen LogP contribution in [0.3, 0.4) is 0 Å². The Morgan fingerprint density at radius 1 is 1.44 bits per heavy atom. The van der Waals surface area contributed by atoms with Crippen LogP contribution in [0.2, 0.25) is 0 Å². The minimum Gasteiger partial charge on any atom is -0.325 e. The molecule has 0 unspecified atom stereocenters. The van der Waals surface area contributed by atoms with Crippen molar-refractivity contribution >= 4 is 5.78 Å². The predicted octanol–water partition coefficient (Wildman–Crippen LogP) is 2.37. The van der Waals surface area contributed by atoms with Crippen molar-refractivity contribution in [3.63, 3.8) is 0 Å². The zero-order valence-electron chi connectivity index (χ0n) is 10.0. The normalized spacial score (nSPS) is 11.6. The molecule has 0 amide bonds. The molecule has 0 fully saturated rings. The molecule has 0 aliphatic heterocycles. The first-order valence-electron chi connectivity index (χ1n) is 5.33. The fourth-order valence-electron chi connectivity index (χ4n) is 1.64. The number of carbonyl (C=O) groups is 1. The standard InChI is InChI=1S/C13H18FNO/c1-9-6-11(14)5-4-10(9)7-12(16)8-13(2,3)15/h4-6H,7-8,15H2,1-3H3. The van der Waals surface area contributed by atoms with E-state index in [2.05, 4.69) is 0 Å². The van der Waals surface area contributed by atoms with E-state index in [0.29, 0.717) is 12.8 Å². The summed E-state index contributed by atoms with van der Waals surface area (Å²) >= 11 is 0. The molecule has 0 aromatic heterocycles. The maximum Gasteiger partial charge on any atom is 0.139 e. The molecule has 0 aliphatic rings. The Labute approximate surface area is 95.7 Å². The van der Waals surface area contributed by atoms with Crippen LogP contribution in [0.1, 0.15) is 31.4 Å². The van der Waals surface area contributed by atoms with Gasteiger partial charge in [-0.3, -0.25) is 4.79 Å². The molecule has 0 spiro atoms. The Kier molecular flexibility index (Phi) is 3.81. The van der Waals surface area contributed by atoms with Gasteiger partial charge in [0.25, 0.3) is 0 Å². The molecular weight excluding hydrogens is 205 g/mol. The SMILES string of the molecule is Cc1cc(F)ccc1CC(=O)CC(C)(C)N. The average Bonchev–Trinajstić information content (AvgIpc) is 2.06. The van der Waals surface area contributed by atoms with Gasteiger partial charge >= 0.3 is 0 Å². The van der Waals surface area contributed by atoms with Crippen LogP contribution in [0, 0.1) is 12.7 Å². The Balaban J connectivity index is 2.70. The van der Waals surface area contributed by atoms with E-state index in [4.69, 9.17) is 5.73 Å². The number of rotatable bonds is 4. The van der Waals surface area contributed by atoms with Crippen molar-refractivity contribution in [2.24, 2.45) is 5.73 Å². The predicted molar refractivity (Wildman–Crippen MR) is 62.7 cm³/mol. The Morgan fingerprint density at radius 2 is 2.06 bits per heavy atom. The van der Waals surface area contributed by atoms with E-state index in [1.807, 2.05) is 13.8 Å². The second-order valence-electron chi connectivity index (χ2n) is 4.95. The van der Waals surface area contributed by atoms with E-state index in [9.17, 15) is 9.18 Å². The molecule has 0 saturated carbocycles. The molecule has 1 aromatic carbocycles. The summed E-state index contributed by atoms with van der Waals surface area (Å²) in [5, 5.41) is 0. The quantitative estimate of drug-likeness (QED) is 0.851. The van der Waals surface area contributed by atoms with Gasteiger partial charge in [0.2, 0.25) is 0 Å². The van der Waals surface area contributed by atoms with Crippen LogP contribution in [0.15, 0.2) is 18.2 Å². The third-order valence-corrected chi connectivity index (χ3v) is 2.35. The number of halogens is 1. The zero-order valence-corrected chi connectivity index (χ0v) is 10.0. The lowest BCUT2D eigenvalue weighted by atomic mass is 9.94. The van der Waals surface area contributed by atoms with Gasteiger partial charge in [-0.1, -0.05) is 6.07 Å². The first-order valence-corrected chi connectivity index (χ1v) is 5.33. The lowest BCUT2D eigenvalue weighted by molar-refractivity contribution is -0.119. The molecule has 3 heteroatoms. The Morgan fingerprint density at radius 3 is 2.56 bits per heavy atom. The number of hydrogen-bond donors (Lipinski definition) is 1. The smallest absolute Gasteiger partial charge is 0.139 e. The van der Waals surface area contributed by atoms with Gasteiger partial charge in [-0.25, -0.2) is 4.39 Å². The van der Waals surface area contributed by atoms with Gasteiger partial charge in [-0.2, -0.15) is 0 Å². The van der Waals surface area contributed by atoms with Crippen molar-refractivity contribution in [2.75, 3.05) is 0 Å². The van der Waals surface area contributed by atoms with Gasteiger partial charge in [-0.05, 0) is 44.0 Å². The van der Waals surface area contributed by atoms with Crippen molar-refractivity contribution in [2.45, 2.75) is 39.2 Å². The van der Waals surface area contributed by atoms with E-state index >= 15 is 0 Å². The van der Waals surface area contributed by atoms with Crippen molar-refractivity contribution in [3.05, 3.63) is 35.1 Å². The molecule has 0 bridgehead atoms. The third-order valence-electron chi connectivity index (χ3n) is 2.35. The highest BCUT2D eigenvalue weighted by Crippen LogP contribution is 2.13. The largest absolute Gasteiger partial charge is 0.325 e. The molecule has 88 valence electrons. The summed E-state index contributed by atoms with van der Waals surface area (Å²) in [5.41, 5.74) is 6.97. The zero-order chi connectivity index (χ0) is 12.3. The number of nitrogens with two attached hydrogens (primary N) is 1. The lowest BCUT2D eigenvalue weighted by Gasteiger charge is -2.17. The highest BCUT2D eigenvalue weighted by atomic mass is 19.1. The Bertz CT molecular complexity index is 393. The van der Waals surface area contributed by atoms with Gasteiger partial charge in [0, 0.05) is 18.4 Å². The van der Waals surface area contributed by atoms with Crippen LogP contribution >= 0.6 is 0 Å². The summed E-state index contributed by atoms with van der Waals surface area (Å²) in [6.07, 6.45) is 0.663. The summed E-state index contributed by atoms with van der Waals surface area (Å²) in [5.74, 6) is -0.185. The second-order valence-corrected chi connectivity index (χ2v) is 4.95. The summed E-state index contributed by atoms with van der Waals surface area (Å²) < 4.78 is 12.9. The number of ketones is 1. The summed E-state index contributed by atoms with van der Waals surface area (Å²) in [4.78, 5) is 11.7. The van der Waals surface area contributed by atoms with Gasteiger partial charge in [0.05, 0.1) is 0 Å². The Hall–Kier alpha value is -1.22. The fourth-order valence-corrected chi connectivity index (χ4v) is 1.64. The van der Waals surface area contributed by atoms with Crippen LogP contribution in [-0.2, 0) is 11.2 Å². The molecule has 2 N–H and O–H groups in total. The third kappa shape index (κ3) is 4.11. The van der Waals surface area contributed by atoms with Crippen molar-refractivity contribution in [3.8, 4) is 0 Å². The van der Waals surface area contributed by atoms with Crippen LogP contribution in [0.25, 0.3) is 0 Å². The number of hydrogen-bond acceptors (Lipinski definition) is 2. The second kappa shape index (κ2) is 4.74. The molecule has 0 aliphatic carbocycles. The minimum absolute atomic E-state index is 0.0854. The molecule has 0 radical (unpaired) electrons. The maximum atomic E-state index is 12.9. The van der Waals surface area contributed by atoms with E-state index in [0.717, 1.165) is 11.1 Å². The summed E-state index contributed by atoms with van der Waals surface area (Å²) in [6, 6.07) is 4.48. The van der Waals surface area contributed by atoms with Crippen molar-refractivity contribution in [1.82, 2.24) is 0 Å². The minimum atomic E-state index is -0.481. The molecule has 0 atom stereocenters. The van der Waals surface area contributed by atoms with Crippen LogP contribution in [0.5, 0.6) is 0 Å². The molecule has 0 saturated heterocycles. The lowest BCUT2D eigenvalue weighted by Crippen LogP contribution is -2.35. The van der Waals surface area contributed by atoms with Gasteiger partial charge in [0.15, 0.2) is 0 Å². The average molecular weight is 223 g/mol. The number of carbonyl (C=O) groups excluding carboxylic acids is 1. The highest BCUT2D eigenvalue weighted by molar-refractivity contribution is 5.82. The van der Waals surface area contributed by atoms with Crippen LogP contribution in [-0.4, -0.2) is 11.3 Å². The van der Waals surface area contributed by atoms with Crippen LogP contribution < -0.4 is 5.73 Å². The molecule has 2 nitrogen and oxygen atoms in total. The van der Waals surface area contributed by atoms with Gasteiger partial charge < -0.3 is 5.73 Å². The number of benzene rings is 1. The maximum absolute atomic E-state index is 12.9. The van der Waals surface area contributed by atoms with Gasteiger partial charge in [-0.15, -0.1) is 0 Å². The first kappa shape index (κ1) is 12.8. The van der Waals surface area contributed by atoms with Crippen LogP contribution in [0.4, 0.5) is 4.39 Å². The van der Waals surface area contributed by atoms with Gasteiger partial charge in [0.1, 0.15) is 11.6 Å². The topological polar surface area (TPSA) is 43.1 Å². The van der Waals surface area contributed by atoms with E-state index in [1.54, 1.807) is 13.0 Å². The number of Topliss-reactive ketones (excluding diaryl/α,β-unsaturated/α-hetero) is 1. The summed E-state index contributed by atoms with van der Waals surface area (Å²) in [6.45, 7) is 5.45. The van der Waals surface area contributed by atoms with E-state index in [-0.39, 0.29) is 11.6 Å². The molecule has 1 rings (SSSR count). The molecule has 1 aromatic rings. The molecule has 0 heterocycles. The molecule has 16 heavy (non-hydrogen) atoms. The highest BCUT2D eigenvalue weighted by Gasteiger charge is 2.17. The van der Waals surface area contributed by atoms with Crippen molar-refractivity contribution < 1.29 is 9.18 Å². The molecular formula is C13H18FNO. The van der Waals surface area contributed by atoms with E-state index < -0.39 is 5.54 Å². The van der Waals surface area contributed by atoms with E-state index in [1.165, 1.54) is 12.1 Å². The monoisotopic (exact) mass is 223 g/mol. The summed E-state index contributed by atoms with van der Waals surface area (Å²) in [7, 11) is 0. The fraction of sp³-hybridized carbons (Fsp3) is 0.462. The number of aryl methyl sites for hydroxylation is 1. The van der Waals surface area contributed by atoms with Crippen molar-refractivity contribution in [1.29, 1.82) is 0 Å². The first-order chi connectivity index (χ1) is 7.28.